The van der Waals surface area contributed by atoms with Crippen molar-refractivity contribution < 1.29 is 0 Å². The highest BCUT2D eigenvalue weighted by Crippen LogP contribution is 2.56. The second-order valence-corrected chi connectivity index (χ2v) is 12.1. The molecular formula is C41H28. The van der Waals surface area contributed by atoms with Crippen LogP contribution in [0.1, 0.15) is 25.0 Å². The van der Waals surface area contributed by atoms with E-state index in [2.05, 4.69) is 147 Å². The van der Waals surface area contributed by atoms with Crippen molar-refractivity contribution in [3.63, 3.8) is 0 Å². The normalized spacial score (nSPS) is 13.8. The van der Waals surface area contributed by atoms with Gasteiger partial charge in [-0.05, 0) is 94.4 Å². The van der Waals surface area contributed by atoms with Crippen molar-refractivity contribution in [2.45, 2.75) is 19.3 Å². The Morgan fingerprint density at radius 3 is 1.54 bits per heavy atom. The highest BCUT2D eigenvalue weighted by atomic mass is 14.4. The van der Waals surface area contributed by atoms with Crippen molar-refractivity contribution in [1.82, 2.24) is 0 Å². The van der Waals surface area contributed by atoms with Crippen LogP contribution in [0.2, 0.25) is 0 Å². The molecule has 0 radical (unpaired) electrons. The molecule has 0 unspecified atom stereocenters. The van der Waals surface area contributed by atoms with Crippen molar-refractivity contribution in [2.75, 3.05) is 0 Å². The van der Waals surface area contributed by atoms with Gasteiger partial charge in [-0.1, -0.05) is 141 Å². The van der Waals surface area contributed by atoms with Gasteiger partial charge in [-0.3, -0.25) is 0 Å². The average molecular weight is 521 g/mol. The molecule has 0 nitrogen and oxygen atoms in total. The van der Waals surface area contributed by atoms with Crippen LogP contribution in [-0.4, -0.2) is 0 Å². The van der Waals surface area contributed by atoms with E-state index < -0.39 is 0 Å². The third kappa shape index (κ3) is 3.00. The van der Waals surface area contributed by atoms with E-state index in [0.717, 1.165) is 0 Å². The number of hydrogen-bond acceptors (Lipinski definition) is 0. The zero-order valence-electron chi connectivity index (χ0n) is 23.2. The standard InChI is InChI=1S/C41H28/c1-41(2)37-23-22-35-32-15-9-8-14-31(32)34-20-21-36(40(37)39(34)35)33-17-16-26(24-38(33)41)28-19-18-27(25-10-4-3-5-11-25)29-12-6-7-13-30(28)29/h3-24H,1-2H3. The van der Waals surface area contributed by atoms with Gasteiger partial charge in [0.1, 0.15) is 0 Å². The summed E-state index contributed by atoms with van der Waals surface area (Å²) in [5.41, 5.74) is 16.0. The van der Waals surface area contributed by atoms with Gasteiger partial charge >= 0.3 is 0 Å². The molecule has 0 atom stereocenters. The third-order valence-electron chi connectivity index (χ3n) is 9.64. The van der Waals surface area contributed by atoms with Crippen LogP contribution < -0.4 is 0 Å². The Balaban J connectivity index is 1.27. The second-order valence-electron chi connectivity index (χ2n) is 12.1. The van der Waals surface area contributed by atoms with Gasteiger partial charge in [-0.2, -0.15) is 0 Å². The summed E-state index contributed by atoms with van der Waals surface area (Å²) in [5, 5.41) is 5.44. The fourth-order valence-corrected chi connectivity index (χ4v) is 7.67. The van der Waals surface area contributed by atoms with Crippen LogP contribution in [0.15, 0.2) is 133 Å². The molecule has 0 spiro atoms. The minimum absolute atomic E-state index is 0.121. The Morgan fingerprint density at radius 1 is 0.341 bits per heavy atom. The van der Waals surface area contributed by atoms with Gasteiger partial charge < -0.3 is 0 Å². The Hall–Kier alpha value is -4.94. The lowest BCUT2D eigenvalue weighted by atomic mass is 9.67. The first-order valence-corrected chi connectivity index (χ1v) is 14.5. The zero-order valence-corrected chi connectivity index (χ0v) is 23.2. The van der Waals surface area contributed by atoms with Crippen LogP contribution in [0.5, 0.6) is 0 Å². The van der Waals surface area contributed by atoms with Crippen LogP contribution in [0, 0.1) is 0 Å². The van der Waals surface area contributed by atoms with E-state index >= 15 is 0 Å². The maximum absolute atomic E-state index is 2.46. The molecule has 0 N–H and O–H groups in total. The van der Waals surface area contributed by atoms with Crippen LogP contribution >= 0.6 is 0 Å². The first-order valence-electron chi connectivity index (χ1n) is 14.5. The van der Waals surface area contributed by atoms with E-state index in [1.807, 2.05) is 0 Å². The minimum atomic E-state index is -0.121. The lowest BCUT2D eigenvalue weighted by Crippen LogP contribution is -2.23. The van der Waals surface area contributed by atoms with Crippen LogP contribution in [0.3, 0.4) is 0 Å². The predicted octanol–water partition coefficient (Wildman–Crippen LogP) is 11.3. The van der Waals surface area contributed by atoms with Crippen molar-refractivity contribution >= 4 is 21.5 Å². The van der Waals surface area contributed by atoms with Gasteiger partial charge in [0.25, 0.3) is 0 Å². The topological polar surface area (TPSA) is 0 Å². The van der Waals surface area contributed by atoms with E-state index in [4.69, 9.17) is 0 Å². The van der Waals surface area contributed by atoms with Gasteiger partial charge in [0.15, 0.2) is 0 Å². The molecule has 0 saturated heterocycles. The molecule has 2 aliphatic carbocycles. The van der Waals surface area contributed by atoms with E-state index in [1.54, 1.807) is 0 Å². The van der Waals surface area contributed by atoms with E-state index in [-0.39, 0.29) is 5.41 Å². The van der Waals surface area contributed by atoms with Crippen molar-refractivity contribution in [3.05, 3.63) is 145 Å². The van der Waals surface area contributed by atoms with Crippen molar-refractivity contribution in [1.29, 1.82) is 0 Å². The summed E-state index contributed by atoms with van der Waals surface area (Å²) in [5.74, 6) is 0. The molecule has 0 aliphatic heterocycles. The van der Waals surface area contributed by atoms with Gasteiger partial charge in [-0.25, -0.2) is 0 Å². The van der Waals surface area contributed by atoms with Crippen molar-refractivity contribution in [2.24, 2.45) is 0 Å². The fourth-order valence-electron chi connectivity index (χ4n) is 7.67. The first kappa shape index (κ1) is 22.8. The summed E-state index contributed by atoms with van der Waals surface area (Å²) < 4.78 is 0. The maximum atomic E-state index is 2.46. The summed E-state index contributed by atoms with van der Waals surface area (Å²) in [6, 6.07) is 49.7. The van der Waals surface area contributed by atoms with Gasteiger partial charge in [0, 0.05) is 5.41 Å². The molecule has 0 fully saturated rings. The largest absolute Gasteiger partial charge is 0.0622 e. The molecule has 0 saturated carbocycles. The van der Waals surface area contributed by atoms with E-state index in [0.29, 0.717) is 0 Å². The number of benzene rings is 7. The van der Waals surface area contributed by atoms with E-state index in [9.17, 15) is 0 Å². The predicted molar refractivity (Wildman–Crippen MR) is 174 cm³/mol. The molecule has 41 heavy (non-hydrogen) atoms. The summed E-state index contributed by atoms with van der Waals surface area (Å²) >= 11 is 0. The maximum Gasteiger partial charge on any atom is 0.0159 e. The lowest BCUT2D eigenvalue weighted by molar-refractivity contribution is 0.645. The summed E-state index contributed by atoms with van der Waals surface area (Å²) in [7, 11) is 0. The quantitative estimate of drug-likeness (QED) is 0.213. The summed E-state index contributed by atoms with van der Waals surface area (Å²) in [6.07, 6.45) is 0. The Bertz CT molecular complexity index is 2180. The third-order valence-corrected chi connectivity index (χ3v) is 9.64. The molecule has 0 amide bonds. The highest BCUT2D eigenvalue weighted by molar-refractivity contribution is 6.21. The highest BCUT2D eigenvalue weighted by Gasteiger charge is 2.36. The molecule has 7 aromatic carbocycles. The number of fused-ring (bicyclic) bond motifs is 6. The van der Waals surface area contributed by atoms with Crippen LogP contribution in [-0.2, 0) is 5.41 Å². The minimum Gasteiger partial charge on any atom is -0.0622 e. The SMILES string of the molecule is CC1(C)c2cc(-c3ccc(-c4ccccc4)c4ccccc34)ccc2-c2ccc3c4c(ccc1c24)-c1ccccc1-3. The Labute approximate surface area is 240 Å². The molecule has 0 heteroatoms. The van der Waals surface area contributed by atoms with Crippen LogP contribution in [0.4, 0.5) is 0 Å². The second kappa shape index (κ2) is 8.05. The zero-order chi connectivity index (χ0) is 27.3. The smallest absolute Gasteiger partial charge is 0.0159 e. The fraction of sp³-hybridized carbons (Fsp3) is 0.0732. The molecule has 9 rings (SSSR count). The first-order chi connectivity index (χ1) is 20.1. The summed E-state index contributed by atoms with van der Waals surface area (Å²) in [4.78, 5) is 0. The van der Waals surface area contributed by atoms with E-state index in [1.165, 1.54) is 88.3 Å². The molecular weight excluding hydrogens is 492 g/mol. The van der Waals surface area contributed by atoms with Gasteiger partial charge in [0.05, 0.1) is 0 Å². The number of rotatable bonds is 2. The molecule has 0 bridgehead atoms. The van der Waals surface area contributed by atoms with Gasteiger partial charge in [-0.15, -0.1) is 0 Å². The van der Waals surface area contributed by atoms with Crippen molar-refractivity contribution in [3.8, 4) is 55.6 Å². The monoisotopic (exact) mass is 520 g/mol. The van der Waals surface area contributed by atoms with Crippen LogP contribution in [0.25, 0.3) is 77.2 Å². The Morgan fingerprint density at radius 2 is 0.854 bits per heavy atom. The number of hydrogen-bond donors (Lipinski definition) is 0. The Kier molecular flexibility index (Phi) is 4.49. The molecule has 0 heterocycles. The summed E-state index contributed by atoms with van der Waals surface area (Å²) in [6.45, 7) is 4.81. The molecule has 0 aromatic heterocycles. The molecule has 192 valence electrons. The lowest BCUT2D eigenvalue weighted by Gasteiger charge is -2.36. The van der Waals surface area contributed by atoms with Gasteiger partial charge in [0.2, 0.25) is 0 Å². The molecule has 7 aromatic rings. The average Bonchev–Trinajstić information content (AvgIpc) is 3.36. The molecule has 2 aliphatic rings.